The second-order valence-electron chi connectivity index (χ2n) is 5.53. The fourth-order valence-electron chi connectivity index (χ4n) is 2.50. The molecule has 3 aromatic heterocycles. The first-order chi connectivity index (χ1) is 12.5. The summed E-state index contributed by atoms with van der Waals surface area (Å²) in [6.45, 7) is -2.05. The molecule has 26 heavy (non-hydrogen) atoms. The highest BCUT2D eigenvalue weighted by Crippen LogP contribution is 2.36. The number of nitrogens with one attached hydrogen (secondary N) is 1. The number of hydrogen-bond acceptors (Lipinski definition) is 5. The van der Waals surface area contributed by atoms with Crippen LogP contribution in [0, 0.1) is 0 Å². The molecule has 0 aliphatic carbocycles. The van der Waals surface area contributed by atoms with Crippen LogP contribution in [0.3, 0.4) is 0 Å². The molecular formula is C17H16BrClF2N2O2S. The molecule has 0 amide bonds. The Morgan fingerprint density at radius 2 is 2.23 bits per heavy atom. The molecule has 0 spiro atoms. The molecule has 0 unspecified atom stereocenters. The van der Waals surface area contributed by atoms with E-state index in [4.69, 9.17) is 16.0 Å². The highest BCUT2D eigenvalue weighted by molar-refractivity contribution is 9.10. The Morgan fingerprint density at radius 1 is 1.38 bits per heavy atom. The number of unbranched alkanes of at least 4 members (excludes halogenated alkanes) is 1. The maximum absolute atomic E-state index is 12.0. The molecule has 0 saturated heterocycles. The van der Waals surface area contributed by atoms with Crippen molar-refractivity contribution in [2.24, 2.45) is 0 Å². The third-order valence-corrected chi connectivity index (χ3v) is 5.58. The Bertz CT molecular complexity index is 858. The van der Waals surface area contributed by atoms with Crippen LogP contribution in [0.15, 0.2) is 32.5 Å². The highest BCUT2D eigenvalue weighted by Gasteiger charge is 2.17. The lowest BCUT2D eigenvalue weighted by Crippen LogP contribution is -2.01. The van der Waals surface area contributed by atoms with Gasteiger partial charge in [0.2, 0.25) is 0 Å². The number of aryl methyl sites for hydroxylation is 1. The number of aromatic nitrogens is 1. The molecule has 3 heterocycles. The van der Waals surface area contributed by atoms with Gasteiger partial charge in [-0.15, -0.1) is 11.3 Å². The van der Waals surface area contributed by atoms with Crippen LogP contribution < -0.4 is 5.32 Å². The number of furan rings is 1. The van der Waals surface area contributed by atoms with E-state index in [0.717, 1.165) is 10.2 Å². The van der Waals surface area contributed by atoms with Gasteiger partial charge in [0.05, 0.1) is 16.8 Å². The Labute approximate surface area is 166 Å². The van der Waals surface area contributed by atoms with E-state index in [2.05, 4.69) is 31.0 Å². The van der Waals surface area contributed by atoms with Gasteiger partial charge in [0.1, 0.15) is 16.4 Å². The quantitative estimate of drug-likeness (QED) is 0.290. The van der Waals surface area contributed by atoms with Crippen LogP contribution >= 0.6 is 38.9 Å². The van der Waals surface area contributed by atoms with E-state index in [-0.39, 0.29) is 6.61 Å². The average Bonchev–Trinajstić information content (AvgIpc) is 3.22. The maximum atomic E-state index is 12.0. The molecule has 0 fully saturated rings. The second-order valence-corrected chi connectivity index (χ2v) is 7.74. The van der Waals surface area contributed by atoms with Crippen LogP contribution in [0.4, 0.5) is 14.5 Å². The molecule has 9 heteroatoms. The molecule has 3 aromatic rings. The van der Waals surface area contributed by atoms with Crippen LogP contribution in [-0.4, -0.2) is 18.2 Å². The van der Waals surface area contributed by atoms with Crippen molar-refractivity contribution < 1.29 is 17.9 Å². The van der Waals surface area contributed by atoms with Gasteiger partial charge in [0, 0.05) is 23.9 Å². The molecule has 0 atom stereocenters. The van der Waals surface area contributed by atoms with E-state index >= 15 is 0 Å². The number of pyridine rings is 1. The molecule has 3 rings (SSSR count). The predicted octanol–water partition coefficient (Wildman–Crippen LogP) is 6.48. The van der Waals surface area contributed by atoms with E-state index in [1.165, 1.54) is 4.88 Å². The normalized spacial score (nSPS) is 11.6. The molecule has 1 N–H and O–H groups in total. The smallest absolute Gasteiger partial charge is 0.345 e. The van der Waals surface area contributed by atoms with Crippen LogP contribution in [0.1, 0.15) is 23.5 Å². The zero-order valence-electron chi connectivity index (χ0n) is 13.6. The van der Waals surface area contributed by atoms with Crippen molar-refractivity contribution in [2.75, 3.05) is 11.9 Å². The molecule has 140 valence electrons. The number of ether oxygens (including phenoxy) is 1. The third-order valence-electron chi connectivity index (χ3n) is 3.69. The van der Waals surface area contributed by atoms with Gasteiger partial charge in [-0.2, -0.15) is 8.78 Å². The molecule has 0 saturated carbocycles. The fourth-order valence-corrected chi connectivity index (χ4v) is 3.89. The topological polar surface area (TPSA) is 47.3 Å². The lowest BCUT2D eigenvalue weighted by atomic mass is 10.2. The van der Waals surface area contributed by atoms with Crippen molar-refractivity contribution in [1.29, 1.82) is 0 Å². The summed E-state index contributed by atoms with van der Waals surface area (Å²) in [5.74, 6) is 0.714. The van der Waals surface area contributed by atoms with Crippen molar-refractivity contribution >= 4 is 55.7 Å². The van der Waals surface area contributed by atoms with E-state index < -0.39 is 6.61 Å². The van der Waals surface area contributed by atoms with Gasteiger partial charge >= 0.3 is 6.61 Å². The summed E-state index contributed by atoms with van der Waals surface area (Å²) in [5.41, 5.74) is 2.03. The Kier molecular flexibility index (Phi) is 6.86. The summed E-state index contributed by atoms with van der Waals surface area (Å²) >= 11 is 11.3. The first kappa shape index (κ1) is 19.5. The van der Waals surface area contributed by atoms with Crippen molar-refractivity contribution in [3.05, 3.63) is 43.8 Å². The molecule has 0 aromatic carbocycles. The third kappa shape index (κ3) is 4.94. The monoisotopic (exact) mass is 464 g/mol. The SMILES string of the molecule is FC(F)OCCCCc1oc2c(NCc3cccs3)cc(Cl)nc2c1Br. The maximum Gasteiger partial charge on any atom is 0.345 e. The number of anilines is 1. The number of thiophene rings is 1. The second kappa shape index (κ2) is 9.12. The number of rotatable bonds is 9. The highest BCUT2D eigenvalue weighted by atomic mass is 79.9. The number of nitrogens with zero attached hydrogens (tertiary/aromatic N) is 1. The van der Waals surface area contributed by atoms with Gasteiger partial charge < -0.3 is 14.5 Å². The first-order valence-corrected chi connectivity index (χ1v) is 10.0. The number of hydrogen-bond donors (Lipinski definition) is 1. The minimum atomic E-state index is -2.73. The molecule has 0 bridgehead atoms. The number of halogens is 4. The summed E-state index contributed by atoms with van der Waals surface area (Å²) < 4.78 is 34.9. The lowest BCUT2D eigenvalue weighted by Gasteiger charge is -2.06. The minimum Gasteiger partial charge on any atom is -0.456 e. The summed E-state index contributed by atoms with van der Waals surface area (Å²) in [5, 5.41) is 5.71. The van der Waals surface area contributed by atoms with Gasteiger partial charge in [-0.3, -0.25) is 0 Å². The van der Waals surface area contributed by atoms with E-state index in [0.29, 0.717) is 47.8 Å². The Morgan fingerprint density at radius 3 is 2.96 bits per heavy atom. The average molecular weight is 466 g/mol. The minimum absolute atomic E-state index is 0.0210. The van der Waals surface area contributed by atoms with Crippen molar-refractivity contribution in [3.8, 4) is 0 Å². The van der Waals surface area contributed by atoms with E-state index in [1.54, 1.807) is 17.4 Å². The molecule has 0 radical (unpaired) electrons. The summed E-state index contributed by atoms with van der Waals surface area (Å²) in [4.78, 5) is 5.52. The van der Waals surface area contributed by atoms with Gasteiger partial charge in [-0.1, -0.05) is 17.7 Å². The van der Waals surface area contributed by atoms with Crippen molar-refractivity contribution in [1.82, 2.24) is 4.98 Å². The Balaban J connectivity index is 1.72. The Hall–Kier alpha value is -1.22. The number of fused-ring (bicyclic) bond motifs is 1. The lowest BCUT2D eigenvalue weighted by molar-refractivity contribution is -0.129. The van der Waals surface area contributed by atoms with Crippen LogP contribution in [-0.2, 0) is 17.7 Å². The largest absolute Gasteiger partial charge is 0.456 e. The first-order valence-electron chi connectivity index (χ1n) is 7.98. The summed E-state index contributed by atoms with van der Waals surface area (Å²) in [7, 11) is 0. The summed E-state index contributed by atoms with van der Waals surface area (Å²) in [6.07, 6.45) is 1.77. The van der Waals surface area contributed by atoms with Crippen LogP contribution in [0.25, 0.3) is 11.1 Å². The van der Waals surface area contributed by atoms with Gasteiger partial charge in [-0.25, -0.2) is 4.98 Å². The van der Waals surface area contributed by atoms with Crippen LogP contribution in [0.2, 0.25) is 5.15 Å². The van der Waals surface area contributed by atoms with Gasteiger partial charge in [0.25, 0.3) is 0 Å². The van der Waals surface area contributed by atoms with E-state index in [9.17, 15) is 8.78 Å². The zero-order valence-corrected chi connectivity index (χ0v) is 16.8. The standard InChI is InChI=1S/C17H16BrClF2N2O2S/c18-14-12(5-1-2-6-24-17(20)21)25-16-11(8-13(19)23-15(14)16)22-9-10-4-3-7-26-10/h3-4,7-8,17H,1-2,5-6,9H2,(H,22,23). The van der Waals surface area contributed by atoms with Gasteiger partial charge in [0.15, 0.2) is 5.58 Å². The zero-order chi connectivity index (χ0) is 18.5. The number of alkyl halides is 2. The van der Waals surface area contributed by atoms with Crippen molar-refractivity contribution in [3.63, 3.8) is 0 Å². The van der Waals surface area contributed by atoms with E-state index in [1.807, 2.05) is 17.5 Å². The predicted molar refractivity (Wildman–Crippen MR) is 103 cm³/mol. The molecular weight excluding hydrogens is 450 g/mol. The molecule has 0 aliphatic heterocycles. The van der Waals surface area contributed by atoms with Crippen LogP contribution in [0.5, 0.6) is 0 Å². The molecule has 4 nitrogen and oxygen atoms in total. The van der Waals surface area contributed by atoms with Crippen molar-refractivity contribution in [2.45, 2.75) is 32.4 Å². The summed E-state index contributed by atoms with van der Waals surface area (Å²) in [6, 6.07) is 5.77. The van der Waals surface area contributed by atoms with Gasteiger partial charge in [-0.05, 0) is 40.2 Å². The fraction of sp³-hybridized carbons (Fsp3) is 0.353. The molecule has 0 aliphatic rings.